The molecule has 0 fully saturated rings. The predicted molar refractivity (Wildman–Crippen MR) is 170 cm³/mol. The van der Waals surface area contributed by atoms with Gasteiger partial charge >= 0.3 is 12.1 Å². The molecular weight excluding hydrogens is 625 g/mol. The van der Waals surface area contributed by atoms with E-state index in [1.54, 1.807) is 24.3 Å². The lowest BCUT2D eigenvalue weighted by molar-refractivity contribution is -0.141. The van der Waals surface area contributed by atoms with Gasteiger partial charge in [-0.1, -0.05) is 60.1 Å². The first-order valence-electron chi connectivity index (χ1n) is 13.6. The molecule has 0 saturated heterocycles. The maximum atomic E-state index is 13.8. The van der Waals surface area contributed by atoms with Gasteiger partial charge in [0.2, 0.25) is 0 Å². The Morgan fingerprint density at radius 3 is 2.29 bits per heavy atom. The largest absolute Gasteiger partial charge is 0.480 e. The molecule has 0 bridgehead atoms. The van der Waals surface area contributed by atoms with Crippen LogP contribution in [0.2, 0.25) is 5.02 Å². The van der Waals surface area contributed by atoms with Gasteiger partial charge in [-0.25, -0.2) is 4.79 Å². The van der Waals surface area contributed by atoms with Crippen molar-refractivity contribution in [2.24, 2.45) is 0 Å². The summed E-state index contributed by atoms with van der Waals surface area (Å²) < 4.78 is 42.2. The molecule has 2 heterocycles. The number of thiophene rings is 1. The van der Waals surface area contributed by atoms with Gasteiger partial charge in [-0.05, 0) is 54.1 Å². The average molecular weight is 647 g/mol. The van der Waals surface area contributed by atoms with Crippen molar-refractivity contribution in [1.29, 1.82) is 0 Å². The number of hydrogen-bond donors (Lipinski definition) is 2. The van der Waals surface area contributed by atoms with E-state index in [9.17, 15) is 32.7 Å². The molecule has 4 aromatic carbocycles. The highest BCUT2D eigenvalue weighted by atomic mass is 35.5. The second kappa shape index (κ2) is 11.9. The van der Waals surface area contributed by atoms with E-state index in [4.69, 9.17) is 11.6 Å². The monoisotopic (exact) mass is 646 g/mol. The van der Waals surface area contributed by atoms with Crippen LogP contribution >= 0.6 is 22.9 Å². The minimum absolute atomic E-state index is 0.0603. The molecule has 2 N–H and O–H groups in total. The van der Waals surface area contributed by atoms with E-state index in [0.29, 0.717) is 21.7 Å². The Labute approximate surface area is 262 Å². The van der Waals surface area contributed by atoms with Gasteiger partial charge in [0.25, 0.3) is 11.5 Å². The fourth-order valence-electron chi connectivity index (χ4n) is 5.20. The van der Waals surface area contributed by atoms with E-state index in [2.05, 4.69) is 5.32 Å². The average Bonchev–Trinajstić information content (AvgIpc) is 3.40. The molecule has 0 aliphatic rings. The summed E-state index contributed by atoms with van der Waals surface area (Å²) in [5, 5.41) is 15.3. The maximum absolute atomic E-state index is 13.8. The summed E-state index contributed by atoms with van der Waals surface area (Å²) in [5.74, 6) is -2.10. The van der Waals surface area contributed by atoms with Gasteiger partial charge in [0.05, 0.1) is 5.56 Å². The topological polar surface area (TPSA) is 88.4 Å². The molecule has 226 valence electrons. The van der Waals surface area contributed by atoms with Crippen LogP contribution in [0.25, 0.3) is 31.3 Å². The molecule has 1 amide bonds. The molecule has 45 heavy (non-hydrogen) atoms. The van der Waals surface area contributed by atoms with Gasteiger partial charge in [-0.3, -0.25) is 14.2 Å². The van der Waals surface area contributed by atoms with E-state index < -0.39 is 35.2 Å². The number of pyridine rings is 1. The lowest BCUT2D eigenvalue weighted by Crippen LogP contribution is -2.33. The van der Waals surface area contributed by atoms with Crippen molar-refractivity contribution in [3.05, 3.63) is 135 Å². The number of amides is 1. The molecule has 6 rings (SSSR count). The molecule has 0 aliphatic heterocycles. The molecule has 0 aliphatic carbocycles. The first-order chi connectivity index (χ1) is 21.5. The highest BCUT2D eigenvalue weighted by molar-refractivity contribution is 7.26. The number of alkyl halides is 3. The molecule has 6 nitrogen and oxygen atoms in total. The van der Waals surface area contributed by atoms with Crippen molar-refractivity contribution in [3.63, 3.8) is 0 Å². The van der Waals surface area contributed by atoms with Crippen LogP contribution in [0.15, 0.2) is 108 Å². The Hall–Kier alpha value is -4.93. The molecule has 6 aromatic rings. The van der Waals surface area contributed by atoms with Gasteiger partial charge in [0, 0.05) is 54.5 Å². The maximum Gasteiger partial charge on any atom is 0.416 e. The lowest BCUT2D eigenvalue weighted by Gasteiger charge is -2.19. The van der Waals surface area contributed by atoms with E-state index in [1.165, 1.54) is 23.6 Å². The van der Waals surface area contributed by atoms with Crippen LogP contribution in [0.1, 0.15) is 27.5 Å². The Morgan fingerprint density at radius 1 is 0.911 bits per heavy atom. The van der Waals surface area contributed by atoms with E-state index in [0.717, 1.165) is 49.0 Å². The third-order valence-electron chi connectivity index (χ3n) is 7.44. The number of aromatic nitrogens is 1. The fraction of sp³-hybridized carbons (Fsp3) is 0.0882. The molecule has 2 aromatic heterocycles. The predicted octanol–water partition coefficient (Wildman–Crippen LogP) is 8.68. The van der Waals surface area contributed by atoms with Crippen molar-refractivity contribution < 1.29 is 27.9 Å². The number of carboxylic acids is 1. The second-order valence-corrected chi connectivity index (χ2v) is 11.8. The van der Waals surface area contributed by atoms with Crippen molar-refractivity contribution in [1.82, 2.24) is 4.57 Å². The summed E-state index contributed by atoms with van der Waals surface area (Å²) in [6.45, 7) is 0. The summed E-state index contributed by atoms with van der Waals surface area (Å²) in [4.78, 5) is 39.6. The van der Waals surface area contributed by atoms with Crippen molar-refractivity contribution in [2.75, 3.05) is 5.32 Å². The van der Waals surface area contributed by atoms with Gasteiger partial charge in [-0.2, -0.15) is 13.2 Å². The van der Waals surface area contributed by atoms with E-state index in [1.807, 2.05) is 42.5 Å². The van der Waals surface area contributed by atoms with Crippen LogP contribution in [0.3, 0.4) is 0 Å². The highest BCUT2D eigenvalue weighted by Gasteiger charge is 2.30. The summed E-state index contributed by atoms with van der Waals surface area (Å²) >= 11 is 7.54. The molecule has 1 unspecified atom stereocenters. The quantitative estimate of drug-likeness (QED) is 0.182. The third-order valence-corrected chi connectivity index (χ3v) is 8.92. The van der Waals surface area contributed by atoms with Crippen LogP contribution in [0.5, 0.6) is 0 Å². The third kappa shape index (κ3) is 6.07. The summed E-state index contributed by atoms with van der Waals surface area (Å²) in [7, 11) is 0. The number of anilines is 1. The van der Waals surface area contributed by atoms with Crippen LogP contribution in [0, 0.1) is 0 Å². The van der Waals surface area contributed by atoms with E-state index in [-0.39, 0.29) is 17.7 Å². The first-order valence-corrected chi connectivity index (χ1v) is 14.8. The lowest BCUT2D eigenvalue weighted by atomic mass is 10.0. The van der Waals surface area contributed by atoms with Crippen molar-refractivity contribution in [2.45, 2.75) is 18.6 Å². The number of nitrogens with one attached hydrogen (secondary N) is 1. The van der Waals surface area contributed by atoms with Gasteiger partial charge in [0.1, 0.15) is 11.7 Å². The molecular formula is C34H22ClF3N2O4S. The highest BCUT2D eigenvalue weighted by Crippen LogP contribution is 2.40. The van der Waals surface area contributed by atoms with Gasteiger partial charge in [-0.15, -0.1) is 11.3 Å². The van der Waals surface area contributed by atoms with Gasteiger partial charge in [0.15, 0.2) is 0 Å². The van der Waals surface area contributed by atoms with E-state index >= 15 is 0 Å². The van der Waals surface area contributed by atoms with Crippen molar-refractivity contribution in [3.8, 4) is 11.1 Å². The fourth-order valence-corrected chi connectivity index (χ4v) is 6.56. The SMILES string of the molecule is O=C(Nc1cc(-c2cccc3c2sc2ccccc23)cn(C(Cc2ccc(Cl)cc2)C(=O)O)c1=O)c1ccc(C(F)(F)F)cc1. The summed E-state index contributed by atoms with van der Waals surface area (Å²) in [6, 6.07) is 23.8. The Bertz CT molecular complexity index is 2140. The second-order valence-electron chi connectivity index (χ2n) is 10.3. The molecule has 11 heteroatoms. The van der Waals surface area contributed by atoms with Crippen LogP contribution in [0.4, 0.5) is 18.9 Å². The number of carbonyl (C=O) groups excluding carboxylic acids is 1. The standard InChI is InChI=1S/C34H22ClF3N2O4S/c35-23-14-8-19(9-15-23)16-28(33(43)44)40-18-21(24-5-3-6-26-25-4-1-2-7-29(25)45-30(24)26)17-27(32(40)42)39-31(41)20-10-12-22(13-11-20)34(36,37)38/h1-15,17-18,28H,16H2,(H,39,41)(H,43,44). The van der Waals surface area contributed by atoms with Crippen LogP contribution in [-0.4, -0.2) is 21.6 Å². The Balaban J connectivity index is 1.49. The molecule has 0 radical (unpaired) electrons. The van der Waals surface area contributed by atoms with Crippen molar-refractivity contribution >= 4 is 60.7 Å². The number of nitrogens with zero attached hydrogens (tertiary/aromatic N) is 1. The number of carbonyl (C=O) groups is 2. The number of hydrogen-bond acceptors (Lipinski definition) is 4. The first kappa shape index (κ1) is 30.1. The number of aliphatic carboxylic acids is 1. The number of halogens is 4. The number of rotatable bonds is 7. The Kier molecular flexibility index (Phi) is 7.94. The molecule has 1 atom stereocenters. The normalized spacial score (nSPS) is 12.4. The smallest absolute Gasteiger partial charge is 0.416 e. The number of fused-ring (bicyclic) bond motifs is 3. The number of carboxylic acid groups (broad SMARTS) is 1. The minimum atomic E-state index is -4.58. The van der Waals surface area contributed by atoms with Gasteiger partial charge < -0.3 is 10.4 Å². The summed E-state index contributed by atoms with van der Waals surface area (Å²) in [5.41, 5.74) is -0.249. The zero-order chi connectivity index (χ0) is 31.9. The van der Waals surface area contributed by atoms with Crippen LogP contribution < -0.4 is 10.9 Å². The zero-order valence-corrected chi connectivity index (χ0v) is 24.7. The minimum Gasteiger partial charge on any atom is -0.480 e. The van der Waals surface area contributed by atoms with Crippen LogP contribution in [-0.2, 0) is 17.4 Å². The zero-order valence-electron chi connectivity index (χ0n) is 23.1. The summed E-state index contributed by atoms with van der Waals surface area (Å²) in [6.07, 6.45) is -3.18. The molecule has 0 saturated carbocycles. The number of benzene rings is 4. The Morgan fingerprint density at radius 2 is 1.60 bits per heavy atom. The molecule has 0 spiro atoms.